The minimum atomic E-state index is 0.891. The molecular weight excluding hydrogens is 144 g/mol. The van der Waals surface area contributed by atoms with Gasteiger partial charge in [-0.3, -0.25) is 0 Å². The summed E-state index contributed by atoms with van der Waals surface area (Å²) in [5.74, 6) is 0.891. The van der Waals surface area contributed by atoms with E-state index in [0.717, 1.165) is 5.92 Å². The molecule has 0 saturated carbocycles. The lowest BCUT2D eigenvalue weighted by molar-refractivity contribution is 0.498. The molecule has 0 amide bonds. The number of hydrogen-bond acceptors (Lipinski definition) is 0. The zero-order chi connectivity index (χ0) is 9.40. The van der Waals surface area contributed by atoms with Gasteiger partial charge in [-0.25, -0.2) is 0 Å². The Morgan fingerprint density at radius 3 is 2.67 bits per heavy atom. The molecule has 0 rings (SSSR count). The molecule has 70 valence electrons. The molecule has 0 N–H and O–H groups in total. The number of rotatable bonds is 6. The van der Waals surface area contributed by atoms with Crippen LogP contribution in [0.15, 0.2) is 24.3 Å². The summed E-state index contributed by atoms with van der Waals surface area (Å²) in [7, 11) is 0. The summed E-state index contributed by atoms with van der Waals surface area (Å²) in [6.07, 6.45) is 9.39. The van der Waals surface area contributed by atoms with Gasteiger partial charge in [0, 0.05) is 0 Å². The van der Waals surface area contributed by atoms with Crippen molar-refractivity contribution in [2.24, 2.45) is 5.92 Å². The third-order valence-corrected chi connectivity index (χ3v) is 2.39. The van der Waals surface area contributed by atoms with Crippen molar-refractivity contribution in [1.29, 1.82) is 0 Å². The monoisotopic (exact) mass is 166 g/mol. The Labute approximate surface area is 77.4 Å². The Morgan fingerprint density at radius 1 is 1.50 bits per heavy atom. The van der Waals surface area contributed by atoms with Crippen LogP contribution in [0.3, 0.4) is 0 Å². The Bertz CT molecular complexity index is 142. The second kappa shape index (κ2) is 7.15. The topological polar surface area (TPSA) is 0 Å². The van der Waals surface area contributed by atoms with E-state index in [1.165, 1.54) is 31.3 Å². The molecule has 0 radical (unpaired) electrons. The van der Waals surface area contributed by atoms with Gasteiger partial charge in [0.2, 0.25) is 0 Å². The molecule has 0 aromatic rings. The molecule has 1 atom stereocenters. The lowest BCUT2D eigenvalue weighted by atomic mass is 10.0. The van der Waals surface area contributed by atoms with E-state index in [9.17, 15) is 0 Å². The summed E-state index contributed by atoms with van der Waals surface area (Å²) >= 11 is 0. The molecule has 0 aliphatic rings. The highest BCUT2D eigenvalue weighted by Gasteiger charge is 1.96. The van der Waals surface area contributed by atoms with E-state index in [4.69, 9.17) is 0 Å². The molecule has 0 fully saturated rings. The van der Waals surface area contributed by atoms with Gasteiger partial charge in [0.25, 0.3) is 0 Å². The van der Waals surface area contributed by atoms with Gasteiger partial charge in [-0.05, 0) is 25.7 Å². The van der Waals surface area contributed by atoms with E-state index in [0.29, 0.717) is 0 Å². The van der Waals surface area contributed by atoms with Crippen LogP contribution in [-0.4, -0.2) is 0 Å². The van der Waals surface area contributed by atoms with E-state index in [1.54, 1.807) is 0 Å². The van der Waals surface area contributed by atoms with Crippen LogP contribution in [-0.2, 0) is 0 Å². The van der Waals surface area contributed by atoms with E-state index in [-0.39, 0.29) is 0 Å². The molecule has 0 spiro atoms. The highest BCUT2D eigenvalue weighted by atomic mass is 14.0. The second-order valence-electron chi connectivity index (χ2n) is 3.60. The summed E-state index contributed by atoms with van der Waals surface area (Å²) in [6, 6.07) is 0. The number of hydrogen-bond donors (Lipinski definition) is 0. The molecule has 12 heavy (non-hydrogen) atoms. The average molecular weight is 166 g/mol. The van der Waals surface area contributed by atoms with Crippen LogP contribution in [0, 0.1) is 5.92 Å². The van der Waals surface area contributed by atoms with Crippen LogP contribution < -0.4 is 0 Å². The van der Waals surface area contributed by atoms with Crippen molar-refractivity contribution in [1.82, 2.24) is 0 Å². The highest BCUT2D eigenvalue weighted by molar-refractivity contribution is 5.12. The minimum absolute atomic E-state index is 0.891. The van der Waals surface area contributed by atoms with Gasteiger partial charge < -0.3 is 0 Å². The van der Waals surface area contributed by atoms with Crippen LogP contribution in [0.2, 0.25) is 0 Å². The zero-order valence-corrected chi connectivity index (χ0v) is 8.77. The van der Waals surface area contributed by atoms with Gasteiger partial charge in [0.05, 0.1) is 0 Å². The minimum Gasteiger partial charge on any atom is -0.0988 e. The fourth-order valence-electron chi connectivity index (χ4n) is 1.08. The molecule has 0 nitrogen and oxygen atoms in total. The predicted molar refractivity (Wildman–Crippen MR) is 57.3 cm³/mol. The van der Waals surface area contributed by atoms with E-state index in [1.807, 2.05) is 6.08 Å². The van der Waals surface area contributed by atoms with Crippen molar-refractivity contribution in [3.8, 4) is 0 Å². The van der Waals surface area contributed by atoms with Gasteiger partial charge in [-0.2, -0.15) is 0 Å². The molecule has 0 bridgehead atoms. The molecule has 0 aromatic heterocycles. The Morgan fingerprint density at radius 2 is 2.17 bits per heavy atom. The van der Waals surface area contributed by atoms with Crippen LogP contribution in [0.25, 0.3) is 0 Å². The van der Waals surface area contributed by atoms with Gasteiger partial charge in [0.1, 0.15) is 0 Å². The quantitative estimate of drug-likeness (QED) is 0.407. The van der Waals surface area contributed by atoms with Crippen molar-refractivity contribution < 1.29 is 0 Å². The third-order valence-electron chi connectivity index (χ3n) is 2.39. The van der Waals surface area contributed by atoms with Crippen LogP contribution in [0.5, 0.6) is 0 Å². The maximum absolute atomic E-state index is 3.72. The lowest BCUT2D eigenvalue weighted by Gasteiger charge is -2.05. The number of unbranched alkanes of at least 4 members (excludes halogenated alkanes) is 1. The van der Waals surface area contributed by atoms with Crippen LogP contribution in [0.4, 0.5) is 0 Å². The molecule has 0 aromatic carbocycles. The van der Waals surface area contributed by atoms with Crippen molar-refractivity contribution in [2.75, 3.05) is 0 Å². The Hall–Kier alpha value is -0.520. The molecule has 0 heteroatoms. The first-order valence-corrected chi connectivity index (χ1v) is 4.99. The normalized spacial score (nSPS) is 14.4. The smallest absolute Gasteiger partial charge is 0.0345 e. The molecular formula is C12H22. The zero-order valence-electron chi connectivity index (χ0n) is 8.77. The molecule has 0 heterocycles. The Balaban J connectivity index is 3.38. The summed E-state index contributed by atoms with van der Waals surface area (Å²) < 4.78 is 0. The molecule has 0 aliphatic carbocycles. The van der Waals surface area contributed by atoms with Crippen molar-refractivity contribution in [3.05, 3.63) is 24.3 Å². The largest absolute Gasteiger partial charge is 0.0988 e. The van der Waals surface area contributed by atoms with E-state index < -0.39 is 0 Å². The van der Waals surface area contributed by atoms with Crippen molar-refractivity contribution >= 4 is 0 Å². The summed E-state index contributed by atoms with van der Waals surface area (Å²) in [5.41, 5.74) is 1.30. The Kier molecular flexibility index (Phi) is 6.84. The van der Waals surface area contributed by atoms with Gasteiger partial charge in [-0.15, -0.1) is 0 Å². The second-order valence-corrected chi connectivity index (χ2v) is 3.60. The highest BCUT2D eigenvalue weighted by Crippen LogP contribution is 2.11. The van der Waals surface area contributed by atoms with E-state index >= 15 is 0 Å². The SMILES string of the molecule is C=CC(C)=CCCCC(C)CC. The number of allylic oxidation sites excluding steroid dienone is 3. The molecule has 0 saturated heterocycles. The van der Waals surface area contributed by atoms with Gasteiger partial charge in [0.15, 0.2) is 0 Å². The van der Waals surface area contributed by atoms with Crippen molar-refractivity contribution in [3.63, 3.8) is 0 Å². The summed E-state index contributed by atoms with van der Waals surface area (Å²) in [5, 5.41) is 0. The fourth-order valence-corrected chi connectivity index (χ4v) is 1.08. The first-order chi connectivity index (χ1) is 5.70. The predicted octanol–water partition coefficient (Wildman–Crippen LogP) is 4.34. The van der Waals surface area contributed by atoms with E-state index in [2.05, 4.69) is 33.4 Å². The molecule has 1 unspecified atom stereocenters. The first kappa shape index (κ1) is 11.5. The average Bonchev–Trinajstić information content (AvgIpc) is 2.11. The van der Waals surface area contributed by atoms with Gasteiger partial charge in [-0.1, -0.05) is 51.0 Å². The molecule has 0 aliphatic heterocycles. The van der Waals surface area contributed by atoms with Gasteiger partial charge >= 0.3 is 0 Å². The summed E-state index contributed by atoms with van der Waals surface area (Å²) in [6.45, 7) is 10.4. The van der Waals surface area contributed by atoms with Crippen molar-refractivity contribution in [2.45, 2.75) is 46.5 Å². The lowest BCUT2D eigenvalue weighted by Crippen LogP contribution is -1.90. The first-order valence-electron chi connectivity index (χ1n) is 4.99. The summed E-state index contributed by atoms with van der Waals surface area (Å²) in [4.78, 5) is 0. The third kappa shape index (κ3) is 6.21. The van der Waals surface area contributed by atoms with Crippen LogP contribution >= 0.6 is 0 Å². The standard InChI is InChI=1S/C12H22/c1-5-11(3)9-7-8-10-12(4)6-2/h5,9,12H,1,6-8,10H2,2-4H3. The maximum atomic E-state index is 3.72. The fraction of sp³-hybridized carbons (Fsp3) is 0.667. The maximum Gasteiger partial charge on any atom is -0.0345 e. The van der Waals surface area contributed by atoms with Crippen LogP contribution in [0.1, 0.15) is 46.5 Å².